The molecule has 2 N–H and O–H groups in total. The van der Waals surface area contributed by atoms with Crippen molar-refractivity contribution >= 4 is 27.3 Å². The van der Waals surface area contributed by atoms with Crippen LogP contribution in [0.2, 0.25) is 0 Å². The van der Waals surface area contributed by atoms with Crippen LogP contribution in [0.1, 0.15) is 16.6 Å². The molecule has 0 amide bonds. The number of aromatic nitrogens is 1. The average Bonchev–Trinajstić information content (AvgIpc) is 2.86. The number of sulfonamides is 1. The normalized spacial score (nSPS) is 13.0. The number of hydrogen-bond donors (Lipinski definition) is 2. The van der Waals surface area contributed by atoms with E-state index in [4.69, 9.17) is 5.11 Å². The minimum absolute atomic E-state index is 0.215. The first kappa shape index (κ1) is 16.5. The summed E-state index contributed by atoms with van der Waals surface area (Å²) in [7, 11) is -4.23. The van der Waals surface area contributed by atoms with Gasteiger partial charge in [-0.1, -0.05) is 0 Å². The molecule has 22 heavy (non-hydrogen) atoms. The van der Waals surface area contributed by atoms with Gasteiger partial charge in [-0.05, 0) is 25.1 Å². The van der Waals surface area contributed by atoms with Crippen LogP contribution in [-0.4, -0.2) is 24.5 Å². The molecule has 2 aromatic rings. The molecule has 0 saturated carbocycles. The van der Waals surface area contributed by atoms with Crippen LogP contribution in [0.5, 0.6) is 0 Å². The lowest BCUT2D eigenvalue weighted by molar-refractivity contribution is -0.139. The quantitative estimate of drug-likeness (QED) is 0.859. The minimum Gasteiger partial charge on any atom is -0.480 e. The van der Waals surface area contributed by atoms with Crippen molar-refractivity contribution < 1.29 is 27.1 Å². The van der Waals surface area contributed by atoms with Gasteiger partial charge in [-0.3, -0.25) is 4.79 Å². The summed E-state index contributed by atoms with van der Waals surface area (Å²) in [6, 6.07) is 0.210. The van der Waals surface area contributed by atoms with Gasteiger partial charge in [-0.25, -0.2) is 22.2 Å². The number of rotatable bonds is 5. The molecule has 1 unspecified atom stereocenters. The molecule has 118 valence electrons. The van der Waals surface area contributed by atoms with Crippen LogP contribution < -0.4 is 4.72 Å². The molecule has 0 aliphatic carbocycles. The summed E-state index contributed by atoms with van der Waals surface area (Å²) in [6.07, 6.45) is 1.06. The fourth-order valence-electron chi connectivity index (χ4n) is 1.66. The molecule has 0 aliphatic rings. The van der Waals surface area contributed by atoms with Gasteiger partial charge in [-0.2, -0.15) is 4.72 Å². The third kappa shape index (κ3) is 3.46. The first-order valence-corrected chi connectivity index (χ1v) is 8.13. The van der Waals surface area contributed by atoms with Gasteiger partial charge in [0.05, 0.1) is 11.2 Å². The topological polar surface area (TPSA) is 96.4 Å². The third-order valence-corrected chi connectivity index (χ3v) is 5.45. The highest BCUT2D eigenvalue weighted by molar-refractivity contribution is 7.91. The number of carboxylic acids is 1. The number of benzene rings is 1. The van der Waals surface area contributed by atoms with Gasteiger partial charge >= 0.3 is 5.97 Å². The molecule has 0 bridgehead atoms. The van der Waals surface area contributed by atoms with Crippen molar-refractivity contribution in [3.63, 3.8) is 0 Å². The molecule has 0 radical (unpaired) electrons. The number of halogens is 2. The molecule has 10 heteroatoms. The monoisotopic (exact) mass is 348 g/mol. The summed E-state index contributed by atoms with van der Waals surface area (Å²) >= 11 is 0.829. The Balaban J connectivity index is 2.42. The van der Waals surface area contributed by atoms with Gasteiger partial charge in [0.15, 0.2) is 4.21 Å². The number of nitrogens with one attached hydrogen (secondary N) is 1. The lowest BCUT2D eigenvalue weighted by atomic mass is 10.1. The molecule has 6 nitrogen and oxygen atoms in total. The van der Waals surface area contributed by atoms with E-state index in [-0.39, 0.29) is 4.21 Å². The van der Waals surface area contributed by atoms with Gasteiger partial charge < -0.3 is 5.11 Å². The Labute approximate surface area is 128 Å². The molecule has 1 aromatic carbocycles. The fourth-order valence-corrected chi connectivity index (χ4v) is 3.95. The second kappa shape index (κ2) is 6.07. The number of aryl methyl sites for hydroxylation is 1. The van der Waals surface area contributed by atoms with E-state index in [9.17, 15) is 22.0 Å². The number of aliphatic carboxylic acids is 1. The zero-order valence-corrected chi connectivity index (χ0v) is 12.7. The zero-order valence-electron chi connectivity index (χ0n) is 11.1. The van der Waals surface area contributed by atoms with E-state index in [1.807, 2.05) is 4.72 Å². The van der Waals surface area contributed by atoms with E-state index in [0.29, 0.717) is 11.1 Å². The van der Waals surface area contributed by atoms with Crippen molar-refractivity contribution in [2.75, 3.05) is 0 Å². The van der Waals surface area contributed by atoms with Gasteiger partial charge in [0, 0.05) is 5.56 Å². The predicted molar refractivity (Wildman–Crippen MR) is 73.9 cm³/mol. The van der Waals surface area contributed by atoms with E-state index < -0.39 is 39.2 Å². The van der Waals surface area contributed by atoms with Crippen molar-refractivity contribution in [1.82, 2.24) is 9.71 Å². The summed E-state index contributed by atoms with van der Waals surface area (Å²) in [5.41, 5.74) is -0.614. The number of carboxylic acid groups (broad SMARTS) is 1. The summed E-state index contributed by atoms with van der Waals surface area (Å²) in [4.78, 5) is 15.0. The Hall–Kier alpha value is -1.91. The van der Waals surface area contributed by atoms with E-state index in [2.05, 4.69) is 4.98 Å². The molecule has 1 atom stereocenters. The first-order valence-electron chi connectivity index (χ1n) is 5.83. The molecule has 0 aliphatic heterocycles. The van der Waals surface area contributed by atoms with Crippen LogP contribution in [0.3, 0.4) is 0 Å². The van der Waals surface area contributed by atoms with E-state index in [1.54, 1.807) is 6.92 Å². The number of carbonyl (C=O) groups is 1. The Bertz CT molecular complexity index is 820. The smallest absolute Gasteiger partial charge is 0.326 e. The highest BCUT2D eigenvalue weighted by atomic mass is 32.2. The van der Waals surface area contributed by atoms with E-state index in [0.717, 1.165) is 29.7 Å². The summed E-state index contributed by atoms with van der Waals surface area (Å²) in [5, 5.41) is 9.59. The largest absolute Gasteiger partial charge is 0.480 e. The molecular weight excluding hydrogens is 338 g/mol. The fraction of sp³-hybridized carbons (Fsp3) is 0.167. The van der Waals surface area contributed by atoms with E-state index >= 15 is 0 Å². The second-order valence-corrected chi connectivity index (χ2v) is 7.43. The third-order valence-electron chi connectivity index (χ3n) is 2.65. The summed E-state index contributed by atoms with van der Waals surface area (Å²) < 4.78 is 52.7. The molecule has 1 heterocycles. The maximum Gasteiger partial charge on any atom is 0.326 e. The van der Waals surface area contributed by atoms with Crippen LogP contribution in [0.15, 0.2) is 28.6 Å². The van der Waals surface area contributed by atoms with Crippen molar-refractivity contribution in [2.45, 2.75) is 17.2 Å². The number of hydrogen-bond acceptors (Lipinski definition) is 5. The van der Waals surface area contributed by atoms with Crippen LogP contribution in [0, 0.1) is 18.6 Å². The second-order valence-electron chi connectivity index (χ2n) is 4.26. The molecule has 0 saturated heterocycles. The van der Waals surface area contributed by atoms with Crippen LogP contribution >= 0.6 is 11.3 Å². The van der Waals surface area contributed by atoms with Crippen LogP contribution in [0.4, 0.5) is 8.78 Å². The molecular formula is C12H10F2N2O4S2. The lowest BCUT2D eigenvalue weighted by Gasteiger charge is -2.15. The van der Waals surface area contributed by atoms with E-state index in [1.165, 1.54) is 0 Å². The van der Waals surface area contributed by atoms with Crippen LogP contribution in [-0.2, 0) is 14.8 Å². The van der Waals surface area contributed by atoms with Crippen LogP contribution in [0.25, 0.3) is 0 Å². The standard InChI is InChI=1S/C12H10F2N2O4S2/c1-6-15-5-10(21-6)22(19,20)16-11(12(17)18)8-4-7(13)2-3-9(8)14/h2-5,11,16H,1H3,(H,17,18). The predicted octanol–water partition coefficient (Wildman–Crippen LogP) is 1.83. The number of thiazole rings is 1. The Morgan fingerprint density at radius 2 is 2.09 bits per heavy atom. The molecule has 0 spiro atoms. The van der Waals surface area contributed by atoms with Gasteiger partial charge in [-0.15, -0.1) is 11.3 Å². The average molecular weight is 348 g/mol. The van der Waals surface area contributed by atoms with Gasteiger partial charge in [0.2, 0.25) is 0 Å². The zero-order chi connectivity index (χ0) is 16.5. The molecule has 1 aromatic heterocycles. The van der Waals surface area contributed by atoms with Crippen molar-refractivity contribution in [3.05, 3.63) is 46.6 Å². The molecule has 0 fully saturated rings. The molecule has 2 rings (SSSR count). The highest BCUT2D eigenvalue weighted by Crippen LogP contribution is 2.24. The lowest BCUT2D eigenvalue weighted by Crippen LogP contribution is -2.34. The Kier molecular flexibility index (Phi) is 4.54. The Morgan fingerprint density at radius 3 is 2.64 bits per heavy atom. The van der Waals surface area contributed by atoms with Gasteiger partial charge in [0.1, 0.15) is 17.7 Å². The number of nitrogens with zero attached hydrogens (tertiary/aromatic N) is 1. The first-order chi connectivity index (χ1) is 10.2. The summed E-state index contributed by atoms with van der Waals surface area (Å²) in [6.45, 7) is 1.57. The SMILES string of the molecule is Cc1ncc(S(=O)(=O)NC(C(=O)O)c2cc(F)ccc2F)s1. The summed E-state index contributed by atoms with van der Waals surface area (Å²) in [5.74, 6) is -3.57. The van der Waals surface area contributed by atoms with Crippen molar-refractivity contribution in [1.29, 1.82) is 0 Å². The maximum atomic E-state index is 13.7. The maximum absolute atomic E-state index is 13.7. The minimum atomic E-state index is -4.23. The highest BCUT2D eigenvalue weighted by Gasteiger charge is 2.30. The van der Waals surface area contributed by atoms with Gasteiger partial charge in [0.25, 0.3) is 10.0 Å². The van der Waals surface area contributed by atoms with Crippen molar-refractivity contribution in [2.24, 2.45) is 0 Å². The van der Waals surface area contributed by atoms with Crippen molar-refractivity contribution in [3.8, 4) is 0 Å². The Morgan fingerprint density at radius 1 is 1.41 bits per heavy atom.